The Bertz CT molecular complexity index is 1050. The van der Waals surface area contributed by atoms with Gasteiger partial charge >= 0.3 is 0 Å². The number of fused-ring (bicyclic) bond motifs is 2. The first kappa shape index (κ1) is 22.2. The summed E-state index contributed by atoms with van der Waals surface area (Å²) >= 11 is 3.45. The lowest BCUT2D eigenvalue weighted by molar-refractivity contribution is -0.119. The van der Waals surface area contributed by atoms with Crippen molar-refractivity contribution in [3.8, 4) is 0 Å². The third kappa shape index (κ3) is 4.34. The van der Waals surface area contributed by atoms with Crippen molar-refractivity contribution in [2.45, 2.75) is 66.0 Å². The van der Waals surface area contributed by atoms with Crippen LogP contribution in [0, 0.1) is 30.1 Å². The molecule has 1 N–H and O–H groups in total. The van der Waals surface area contributed by atoms with Gasteiger partial charge in [0.05, 0.1) is 11.9 Å². The first-order valence-corrected chi connectivity index (χ1v) is 11.9. The van der Waals surface area contributed by atoms with Crippen LogP contribution in [0.5, 0.6) is 0 Å². The van der Waals surface area contributed by atoms with E-state index in [0.29, 0.717) is 34.7 Å². The number of nitrogens with one attached hydrogen (secondary N) is 1. The summed E-state index contributed by atoms with van der Waals surface area (Å²) in [6.07, 6.45) is 6.86. The van der Waals surface area contributed by atoms with E-state index in [0.717, 1.165) is 35.2 Å². The Balaban J connectivity index is 1.38. The van der Waals surface area contributed by atoms with Gasteiger partial charge in [-0.25, -0.2) is 4.68 Å². The van der Waals surface area contributed by atoms with Crippen LogP contribution in [0.4, 0.5) is 5.69 Å². The zero-order chi connectivity index (χ0) is 22.3. The number of ketones is 1. The second-order valence-electron chi connectivity index (χ2n) is 9.89. The van der Waals surface area contributed by atoms with E-state index in [1.54, 1.807) is 12.4 Å². The molecular weight excluding hydrogens is 456 g/mol. The zero-order valence-electron chi connectivity index (χ0n) is 18.7. The Morgan fingerprint density at radius 2 is 2.13 bits per heavy atom. The van der Waals surface area contributed by atoms with E-state index in [4.69, 9.17) is 0 Å². The minimum Gasteiger partial charge on any atom is -0.380 e. The van der Waals surface area contributed by atoms with Gasteiger partial charge in [-0.1, -0.05) is 20.8 Å². The number of carbonyl (C=O) groups excluding carboxylic acids is 1. The van der Waals surface area contributed by atoms with Crippen LogP contribution in [0.3, 0.4) is 0 Å². The summed E-state index contributed by atoms with van der Waals surface area (Å²) in [4.78, 5) is 29.4. The number of aromatic nitrogens is 3. The lowest BCUT2D eigenvalue weighted by Gasteiger charge is -2.62. The summed E-state index contributed by atoms with van der Waals surface area (Å²) in [7, 11) is 0. The number of hydrogen-bond acceptors (Lipinski definition) is 5. The van der Waals surface area contributed by atoms with Gasteiger partial charge in [0.2, 0.25) is 0 Å². The number of carbonyl (C=O) groups is 1. The predicted molar refractivity (Wildman–Crippen MR) is 125 cm³/mol. The van der Waals surface area contributed by atoms with Crippen LogP contribution in [0.15, 0.2) is 33.8 Å². The highest BCUT2D eigenvalue weighted by molar-refractivity contribution is 9.10. The molecule has 3 aliphatic rings. The molecule has 2 heterocycles. The average Bonchev–Trinajstić information content (AvgIpc) is 2.73. The molecule has 0 spiro atoms. The van der Waals surface area contributed by atoms with Crippen molar-refractivity contribution in [1.29, 1.82) is 0 Å². The maximum absolute atomic E-state index is 12.8. The molecule has 2 aromatic rings. The fourth-order valence-electron chi connectivity index (χ4n) is 5.51. The van der Waals surface area contributed by atoms with Crippen LogP contribution in [-0.2, 0) is 17.8 Å². The van der Waals surface area contributed by atoms with E-state index >= 15 is 0 Å². The first-order chi connectivity index (χ1) is 14.7. The SMILES string of the molecule is Cc1cc(CCC(=O)Cn2ncc(N[C@@H]3C[C@H]4C[C@@H]([C@H]3C)C4(C)C)c(Br)c2=O)ccn1. The quantitative estimate of drug-likeness (QED) is 0.627. The molecule has 3 fully saturated rings. The molecule has 0 aromatic carbocycles. The Morgan fingerprint density at radius 3 is 2.81 bits per heavy atom. The van der Waals surface area contributed by atoms with Crippen molar-refractivity contribution < 1.29 is 4.79 Å². The van der Waals surface area contributed by atoms with Crippen molar-refractivity contribution >= 4 is 27.4 Å². The minimum absolute atomic E-state index is 0.0139. The Hall–Kier alpha value is -2.02. The van der Waals surface area contributed by atoms with E-state index in [1.807, 2.05) is 19.1 Å². The number of pyridine rings is 1. The van der Waals surface area contributed by atoms with Gasteiger partial charge in [-0.05, 0) is 83.0 Å². The summed E-state index contributed by atoms with van der Waals surface area (Å²) in [5.41, 5.74) is 2.88. The molecule has 5 rings (SSSR count). The molecule has 0 saturated heterocycles. The Kier molecular flexibility index (Phi) is 6.08. The largest absolute Gasteiger partial charge is 0.380 e. The number of rotatable bonds is 7. The summed E-state index contributed by atoms with van der Waals surface area (Å²) < 4.78 is 1.70. The van der Waals surface area contributed by atoms with E-state index < -0.39 is 0 Å². The van der Waals surface area contributed by atoms with E-state index in [1.165, 1.54) is 11.1 Å². The number of Topliss-reactive ketones (excluding diaryl/α,β-unsaturated/α-hetero) is 1. The van der Waals surface area contributed by atoms with E-state index in [9.17, 15) is 9.59 Å². The third-order valence-electron chi connectivity index (χ3n) is 7.66. The highest BCUT2D eigenvalue weighted by atomic mass is 79.9. The zero-order valence-corrected chi connectivity index (χ0v) is 20.3. The Morgan fingerprint density at radius 1 is 1.35 bits per heavy atom. The molecule has 4 atom stereocenters. The van der Waals surface area contributed by atoms with Gasteiger partial charge < -0.3 is 5.32 Å². The number of hydrogen-bond donors (Lipinski definition) is 1. The molecule has 2 bridgehead atoms. The van der Waals surface area contributed by atoms with Crippen LogP contribution in [0.1, 0.15) is 51.3 Å². The van der Waals surface area contributed by atoms with Crippen LogP contribution in [0.2, 0.25) is 0 Å². The monoisotopic (exact) mass is 486 g/mol. The van der Waals surface area contributed by atoms with Gasteiger partial charge in [-0.2, -0.15) is 5.10 Å². The van der Waals surface area contributed by atoms with E-state index in [2.05, 4.69) is 52.1 Å². The maximum Gasteiger partial charge on any atom is 0.283 e. The maximum atomic E-state index is 12.8. The summed E-state index contributed by atoms with van der Waals surface area (Å²) in [6, 6.07) is 4.24. The average molecular weight is 487 g/mol. The standard InChI is InChI=1S/C24H31BrN4O2/c1-14-9-16(7-8-26-14)5-6-18(30)13-29-23(31)22(25)21(12-27-29)28-20-11-17-10-19(15(20)2)24(17,3)4/h7-9,12,15,17,19-20,28H,5-6,10-11,13H2,1-4H3/t15-,17-,19+,20-/m1/s1. The normalized spacial score (nSPS) is 26.2. The topological polar surface area (TPSA) is 76.9 Å². The summed E-state index contributed by atoms with van der Waals surface area (Å²) in [6.45, 7) is 8.99. The van der Waals surface area contributed by atoms with Gasteiger partial charge in [0.1, 0.15) is 11.0 Å². The van der Waals surface area contributed by atoms with Gasteiger partial charge in [0, 0.05) is 24.4 Å². The number of halogens is 1. The molecule has 31 heavy (non-hydrogen) atoms. The molecule has 3 saturated carbocycles. The van der Waals surface area contributed by atoms with Crippen molar-refractivity contribution in [2.24, 2.45) is 23.2 Å². The highest BCUT2D eigenvalue weighted by Crippen LogP contribution is 2.61. The van der Waals surface area contributed by atoms with Gasteiger partial charge in [-0.15, -0.1) is 0 Å². The second kappa shape index (κ2) is 8.49. The lowest BCUT2D eigenvalue weighted by Crippen LogP contribution is -2.58. The van der Waals surface area contributed by atoms with Crippen molar-refractivity contribution in [3.63, 3.8) is 0 Å². The third-order valence-corrected chi connectivity index (χ3v) is 8.43. The molecule has 6 nitrogen and oxygen atoms in total. The summed E-state index contributed by atoms with van der Waals surface area (Å²) in [5.74, 6) is 1.99. The molecule has 7 heteroatoms. The van der Waals surface area contributed by atoms with Crippen LogP contribution in [-0.4, -0.2) is 26.6 Å². The fraction of sp³-hybridized carbons (Fsp3) is 0.583. The smallest absolute Gasteiger partial charge is 0.283 e. The molecule has 2 aromatic heterocycles. The van der Waals surface area contributed by atoms with Gasteiger partial charge in [-0.3, -0.25) is 14.6 Å². The minimum atomic E-state index is -0.271. The van der Waals surface area contributed by atoms with Crippen molar-refractivity contribution in [1.82, 2.24) is 14.8 Å². The molecular formula is C24H31BrN4O2. The van der Waals surface area contributed by atoms with Crippen LogP contribution in [0.25, 0.3) is 0 Å². The molecule has 166 valence electrons. The molecule has 0 amide bonds. The fourth-order valence-corrected chi connectivity index (χ4v) is 5.93. The van der Waals surface area contributed by atoms with Gasteiger partial charge in [0.25, 0.3) is 5.56 Å². The Labute approximate surface area is 192 Å². The predicted octanol–water partition coefficient (Wildman–Crippen LogP) is 4.39. The second-order valence-corrected chi connectivity index (χ2v) is 10.7. The number of anilines is 1. The highest BCUT2D eigenvalue weighted by Gasteiger charge is 2.56. The van der Waals surface area contributed by atoms with E-state index in [-0.39, 0.29) is 17.9 Å². The van der Waals surface area contributed by atoms with Gasteiger partial charge in [0.15, 0.2) is 5.78 Å². The van der Waals surface area contributed by atoms with Crippen molar-refractivity contribution in [2.75, 3.05) is 5.32 Å². The number of nitrogens with zero attached hydrogens (tertiary/aromatic N) is 3. The summed E-state index contributed by atoms with van der Waals surface area (Å²) in [5, 5.41) is 7.84. The first-order valence-electron chi connectivity index (χ1n) is 11.1. The van der Waals surface area contributed by atoms with Crippen molar-refractivity contribution in [3.05, 3.63) is 50.6 Å². The van der Waals surface area contributed by atoms with Crippen LogP contribution >= 0.6 is 15.9 Å². The molecule has 0 aliphatic heterocycles. The molecule has 0 unspecified atom stereocenters. The number of aryl methyl sites for hydroxylation is 2. The van der Waals surface area contributed by atoms with Crippen LogP contribution < -0.4 is 10.9 Å². The lowest BCUT2D eigenvalue weighted by atomic mass is 9.45. The molecule has 3 aliphatic carbocycles. The molecule has 0 radical (unpaired) electrons.